The van der Waals surface area contributed by atoms with E-state index in [1.165, 1.54) is 51.6 Å². The van der Waals surface area contributed by atoms with Crippen LogP contribution in [0.4, 0.5) is 0 Å². The predicted molar refractivity (Wildman–Crippen MR) is 71.3 cm³/mol. The predicted octanol–water partition coefficient (Wildman–Crippen LogP) is 2.87. The van der Waals surface area contributed by atoms with Crippen LogP contribution < -0.4 is 0 Å². The van der Waals surface area contributed by atoms with Gasteiger partial charge in [-0.2, -0.15) is 0 Å². The molecule has 0 aromatic carbocycles. The van der Waals surface area contributed by atoms with Crippen LogP contribution in [0, 0.1) is 23.7 Å². The average Bonchev–Trinajstić information content (AvgIpc) is 2.33. The molecule has 2 bridgehead atoms. The summed E-state index contributed by atoms with van der Waals surface area (Å²) in [7, 11) is 0. The lowest BCUT2D eigenvalue weighted by atomic mass is 9.48. The van der Waals surface area contributed by atoms with Crippen molar-refractivity contribution in [3.05, 3.63) is 0 Å². The maximum atomic E-state index is 12.5. The van der Waals surface area contributed by atoms with Crippen molar-refractivity contribution in [2.45, 2.75) is 57.4 Å². The first kappa shape index (κ1) is 11.5. The van der Waals surface area contributed by atoms with E-state index in [4.69, 9.17) is 0 Å². The Morgan fingerprint density at radius 1 is 1.22 bits per heavy atom. The number of carbonyl (C=O) groups is 1. The monoisotopic (exact) mass is 247 g/mol. The third kappa shape index (κ3) is 1.31. The van der Waals surface area contributed by atoms with Crippen LogP contribution in [0.1, 0.15) is 51.9 Å². The van der Waals surface area contributed by atoms with Gasteiger partial charge in [-0.25, -0.2) is 0 Å². The molecule has 2 heteroatoms. The summed E-state index contributed by atoms with van der Waals surface area (Å²) in [4.78, 5) is 15.3. The molecule has 5 atom stereocenters. The lowest BCUT2D eigenvalue weighted by Gasteiger charge is -2.65. The highest BCUT2D eigenvalue weighted by atomic mass is 16.1. The maximum absolute atomic E-state index is 12.5. The van der Waals surface area contributed by atoms with Gasteiger partial charge in [0, 0.05) is 17.9 Å². The minimum atomic E-state index is 0.314. The van der Waals surface area contributed by atoms with Crippen molar-refractivity contribution in [1.29, 1.82) is 0 Å². The summed E-state index contributed by atoms with van der Waals surface area (Å²) >= 11 is 0. The zero-order chi connectivity index (χ0) is 12.3. The molecule has 4 fully saturated rings. The van der Waals surface area contributed by atoms with Crippen molar-refractivity contribution in [2.24, 2.45) is 23.7 Å². The van der Waals surface area contributed by atoms with E-state index in [2.05, 4.69) is 11.8 Å². The second-order valence-electron chi connectivity index (χ2n) is 7.40. The van der Waals surface area contributed by atoms with Crippen LogP contribution >= 0.6 is 0 Å². The van der Waals surface area contributed by atoms with Crippen molar-refractivity contribution in [3.8, 4) is 0 Å². The Labute approximate surface area is 110 Å². The fourth-order valence-electron chi connectivity index (χ4n) is 6.18. The molecular formula is C16H25NO. The van der Waals surface area contributed by atoms with Crippen LogP contribution in [0.25, 0.3) is 0 Å². The van der Waals surface area contributed by atoms with Gasteiger partial charge in [0.1, 0.15) is 5.78 Å². The standard InChI is InChI=1S/C16H25NO/c1-11-8-12-9-15(18)14-5-3-7-17-6-2-4-13(12)16(14,17)10-11/h11-14H,2-10H2,1H3/t11-,12+,13-,14?,16-/m1/s1. The van der Waals surface area contributed by atoms with Crippen LogP contribution in [0.3, 0.4) is 0 Å². The Morgan fingerprint density at radius 2 is 2.00 bits per heavy atom. The van der Waals surface area contributed by atoms with Gasteiger partial charge in [-0.15, -0.1) is 0 Å². The highest BCUT2D eigenvalue weighted by Gasteiger charge is 2.62. The second kappa shape index (κ2) is 3.82. The second-order valence-corrected chi connectivity index (χ2v) is 7.40. The van der Waals surface area contributed by atoms with E-state index >= 15 is 0 Å². The van der Waals surface area contributed by atoms with Crippen molar-refractivity contribution >= 4 is 5.78 Å². The van der Waals surface area contributed by atoms with Crippen molar-refractivity contribution in [1.82, 2.24) is 4.90 Å². The normalized spacial score (nSPS) is 51.9. The Hall–Kier alpha value is -0.370. The van der Waals surface area contributed by atoms with Crippen LogP contribution in [0.5, 0.6) is 0 Å². The largest absolute Gasteiger partial charge is 0.299 e. The van der Waals surface area contributed by atoms with Gasteiger partial charge < -0.3 is 0 Å². The van der Waals surface area contributed by atoms with Gasteiger partial charge in [0.15, 0.2) is 0 Å². The fourth-order valence-corrected chi connectivity index (χ4v) is 6.18. The van der Waals surface area contributed by atoms with E-state index in [9.17, 15) is 4.79 Å². The van der Waals surface area contributed by atoms with Crippen molar-refractivity contribution in [2.75, 3.05) is 13.1 Å². The van der Waals surface area contributed by atoms with Crippen molar-refractivity contribution in [3.63, 3.8) is 0 Å². The molecule has 0 amide bonds. The number of Topliss-reactive ketones (excluding diaryl/α,β-unsaturated/α-hetero) is 1. The van der Waals surface area contributed by atoms with E-state index in [0.29, 0.717) is 17.2 Å². The SMILES string of the molecule is C[C@@H]1C[C@H]2CC(=O)C3CCCN4CCC[C@H]2[C@]34C1. The lowest BCUT2D eigenvalue weighted by Crippen LogP contribution is -2.71. The molecule has 0 aromatic heterocycles. The number of nitrogens with zero attached hydrogens (tertiary/aromatic N) is 1. The molecule has 1 unspecified atom stereocenters. The molecule has 4 aliphatic rings. The highest BCUT2D eigenvalue weighted by Crippen LogP contribution is 2.59. The quantitative estimate of drug-likeness (QED) is 0.656. The van der Waals surface area contributed by atoms with Gasteiger partial charge in [0.25, 0.3) is 0 Å². The third-order valence-electron chi connectivity index (χ3n) is 6.50. The van der Waals surface area contributed by atoms with E-state index < -0.39 is 0 Å². The molecule has 1 spiro atoms. The summed E-state index contributed by atoms with van der Waals surface area (Å²) in [6, 6.07) is 0. The van der Waals surface area contributed by atoms with Gasteiger partial charge in [0.05, 0.1) is 0 Å². The summed E-state index contributed by atoms with van der Waals surface area (Å²) in [6.45, 7) is 4.95. The van der Waals surface area contributed by atoms with Crippen LogP contribution in [0.2, 0.25) is 0 Å². The van der Waals surface area contributed by atoms with Crippen molar-refractivity contribution < 1.29 is 4.79 Å². The number of carbonyl (C=O) groups excluding carboxylic acids is 1. The first-order valence-electron chi connectivity index (χ1n) is 7.99. The summed E-state index contributed by atoms with van der Waals surface area (Å²) in [5, 5.41) is 0. The number of hydrogen-bond donors (Lipinski definition) is 0. The maximum Gasteiger partial charge on any atom is 0.138 e. The zero-order valence-electron chi connectivity index (χ0n) is 11.5. The highest BCUT2D eigenvalue weighted by molar-refractivity contribution is 5.84. The first-order chi connectivity index (χ1) is 8.72. The van der Waals surface area contributed by atoms with E-state index in [1.807, 2.05) is 0 Å². The molecule has 2 saturated heterocycles. The topological polar surface area (TPSA) is 20.3 Å². The molecule has 0 aromatic rings. The molecule has 0 radical (unpaired) electrons. The molecule has 2 aliphatic heterocycles. The Kier molecular flexibility index (Phi) is 2.43. The van der Waals surface area contributed by atoms with Crippen LogP contribution in [0.15, 0.2) is 0 Å². The molecule has 18 heavy (non-hydrogen) atoms. The summed E-state index contributed by atoms with van der Waals surface area (Å²) < 4.78 is 0. The first-order valence-corrected chi connectivity index (χ1v) is 7.99. The Bertz CT molecular complexity index is 377. The Morgan fingerprint density at radius 3 is 2.83 bits per heavy atom. The van der Waals surface area contributed by atoms with Crippen LogP contribution in [-0.4, -0.2) is 29.3 Å². The molecule has 2 saturated carbocycles. The molecule has 2 nitrogen and oxygen atoms in total. The van der Waals surface area contributed by atoms with Gasteiger partial charge in [-0.05, 0) is 69.4 Å². The molecule has 2 aliphatic carbocycles. The minimum absolute atomic E-state index is 0.314. The molecular weight excluding hydrogens is 222 g/mol. The summed E-state index contributed by atoms with van der Waals surface area (Å²) in [5.74, 6) is 3.43. The summed E-state index contributed by atoms with van der Waals surface area (Å²) in [6.07, 6.45) is 8.75. The Balaban J connectivity index is 1.82. The average molecular weight is 247 g/mol. The summed E-state index contributed by atoms with van der Waals surface area (Å²) in [5.41, 5.74) is 0.314. The number of ketones is 1. The molecule has 100 valence electrons. The third-order valence-corrected chi connectivity index (χ3v) is 6.50. The lowest BCUT2D eigenvalue weighted by molar-refractivity contribution is -0.172. The molecule has 0 N–H and O–H groups in total. The number of piperidine rings is 2. The molecule has 4 rings (SSSR count). The fraction of sp³-hybridized carbons (Fsp3) is 0.938. The van der Waals surface area contributed by atoms with Gasteiger partial charge >= 0.3 is 0 Å². The van der Waals surface area contributed by atoms with Crippen LogP contribution in [-0.2, 0) is 4.79 Å². The van der Waals surface area contributed by atoms with Gasteiger partial charge in [-0.3, -0.25) is 9.69 Å². The van der Waals surface area contributed by atoms with Gasteiger partial charge in [0.2, 0.25) is 0 Å². The number of rotatable bonds is 0. The minimum Gasteiger partial charge on any atom is -0.299 e. The van der Waals surface area contributed by atoms with Gasteiger partial charge in [-0.1, -0.05) is 6.92 Å². The number of hydrogen-bond acceptors (Lipinski definition) is 2. The van der Waals surface area contributed by atoms with E-state index in [1.54, 1.807) is 0 Å². The van der Waals surface area contributed by atoms with E-state index in [-0.39, 0.29) is 0 Å². The smallest absolute Gasteiger partial charge is 0.138 e. The molecule has 2 heterocycles. The zero-order valence-corrected chi connectivity index (χ0v) is 11.5. The van der Waals surface area contributed by atoms with E-state index in [0.717, 1.165) is 24.2 Å².